The maximum absolute atomic E-state index is 11.5. The third-order valence-electron chi connectivity index (χ3n) is 2.30. The van der Waals surface area contributed by atoms with Gasteiger partial charge in [-0.05, 0) is 12.1 Å². The van der Waals surface area contributed by atoms with E-state index in [4.69, 9.17) is 4.42 Å². The van der Waals surface area contributed by atoms with Gasteiger partial charge in [0.1, 0.15) is 6.54 Å². The number of methoxy groups -OCH3 is 1. The van der Waals surface area contributed by atoms with Crippen LogP contribution in [-0.4, -0.2) is 46.5 Å². The molecule has 0 aliphatic rings. The van der Waals surface area contributed by atoms with Crippen LogP contribution >= 0.6 is 11.8 Å². The van der Waals surface area contributed by atoms with Crippen LogP contribution in [-0.2, 0) is 14.3 Å². The number of carbonyl (C=O) groups excluding carboxylic acids is 2. The van der Waals surface area contributed by atoms with Crippen molar-refractivity contribution in [2.24, 2.45) is 0 Å². The Morgan fingerprint density at radius 2 is 2.29 bits per heavy atom. The molecule has 110 valence electrons. The first kappa shape index (κ1) is 15.0. The van der Waals surface area contributed by atoms with Crippen LogP contribution in [0, 0.1) is 0 Å². The molecule has 2 aromatic heterocycles. The number of esters is 1. The van der Waals surface area contributed by atoms with Gasteiger partial charge in [-0.2, -0.15) is 0 Å². The van der Waals surface area contributed by atoms with E-state index in [-0.39, 0.29) is 23.4 Å². The largest absolute Gasteiger partial charge is 0.468 e. The van der Waals surface area contributed by atoms with Crippen molar-refractivity contribution in [3.8, 4) is 11.5 Å². The highest BCUT2D eigenvalue weighted by Gasteiger charge is 2.11. The van der Waals surface area contributed by atoms with E-state index in [1.807, 2.05) is 0 Å². The molecule has 0 aromatic carbocycles. The summed E-state index contributed by atoms with van der Waals surface area (Å²) in [5.74, 6) is -0.442. The number of nitrogens with one attached hydrogen (secondary N) is 1. The first-order valence-corrected chi connectivity index (χ1v) is 6.88. The zero-order valence-corrected chi connectivity index (χ0v) is 11.9. The number of hydrogen-bond donors (Lipinski definition) is 1. The number of rotatable bonds is 6. The minimum absolute atomic E-state index is 0.0612. The molecule has 0 radical (unpaired) electrons. The van der Waals surface area contributed by atoms with E-state index in [0.717, 1.165) is 11.8 Å². The van der Waals surface area contributed by atoms with Crippen molar-refractivity contribution in [1.82, 2.24) is 20.5 Å². The lowest BCUT2D eigenvalue weighted by Gasteiger charge is -2.01. The molecule has 2 aromatic rings. The lowest BCUT2D eigenvalue weighted by Crippen LogP contribution is -2.31. The van der Waals surface area contributed by atoms with Crippen molar-refractivity contribution in [2.45, 2.75) is 5.22 Å². The van der Waals surface area contributed by atoms with Crippen LogP contribution in [0.4, 0.5) is 0 Å². The SMILES string of the molecule is COC(=O)CNC(=O)CSc1nnc(-c2cccnc2)o1. The molecule has 0 fully saturated rings. The molecule has 0 saturated heterocycles. The van der Waals surface area contributed by atoms with Gasteiger partial charge < -0.3 is 14.5 Å². The highest BCUT2D eigenvalue weighted by Crippen LogP contribution is 2.21. The molecule has 2 rings (SSSR count). The number of thioether (sulfide) groups is 1. The zero-order valence-electron chi connectivity index (χ0n) is 11.1. The monoisotopic (exact) mass is 308 g/mol. The maximum atomic E-state index is 11.5. The van der Waals surface area contributed by atoms with E-state index in [1.165, 1.54) is 7.11 Å². The Morgan fingerprint density at radius 1 is 1.43 bits per heavy atom. The maximum Gasteiger partial charge on any atom is 0.325 e. The van der Waals surface area contributed by atoms with Crippen LogP contribution in [0.25, 0.3) is 11.5 Å². The summed E-state index contributed by atoms with van der Waals surface area (Å²) < 4.78 is 9.80. The number of ether oxygens (including phenoxy) is 1. The van der Waals surface area contributed by atoms with Crippen LogP contribution in [0.15, 0.2) is 34.2 Å². The Bertz CT molecular complexity index is 617. The third-order valence-corrected chi connectivity index (χ3v) is 3.12. The minimum Gasteiger partial charge on any atom is -0.468 e. The lowest BCUT2D eigenvalue weighted by atomic mass is 10.3. The summed E-state index contributed by atoms with van der Waals surface area (Å²) >= 11 is 1.08. The van der Waals surface area contributed by atoms with Gasteiger partial charge >= 0.3 is 5.97 Å². The fourth-order valence-corrected chi connectivity index (χ4v) is 1.89. The Labute approximate surface area is 124 Å². The number of hydrogen-bond acceptors (Lipinski definition) is 8. The minimum atomic E-state index is -0.509. The van der Waals surface area contributed by atoms with Crippen molar-refractivity contribution < 1.29 is 18.7 Å². The Balaban J connectivity index is 1.83. The lowest BCUT2D eigenvalue weighted by molar-refractivity contribution is -0.140. The predicted octanol–water partition coefficient (Wildman–Crippen LogP) is 0.513. The summed E-state index contributed by atoms with van der Waals surface area (Å²) in [6.45, 7) is -0.166. The quantitative estimate of drug-likeness (QED) is 0.607. The molecule has 0 saturated carbocycles. The molecule has 0 bridgehead atoms. The first-order chi connectivity index (χ1) is 10.2. The molecule has 8 nitrogen and oxygen atoms in total. The number of nitrogens with zero attached hydrogens (tertiary/aromatic N) is 3. The van der Waals surface area contributed by atoms with Gasteiger partial charge in [0.25, 0.3) is 5.22 Å². The van der Waals surface area contributed by atoms with Crippen LogP contribution in [0.5, 0.6) is 0 Å². The number of aromatic nitrogens is 3. The Hall–Kier alpha value is -2.42. The van der Waals surface area contributed by atoms with Crippen molar-refractivity contribution in [3.63, 3.8) is 0 Å². The number of carbonyl (C=O) groups is 2. The van der Waals surface area contributed by atoms with Gasteiger partial charge in [0, 0.05) is 12.4 Å². The molecule has 0 unspecified atom stereocenters. The molecule has 9 heteroatoms. The van der Waals surface area contributed by atoms with Crippen LogP contribution in [0.3, 0.4) is 0 Å². The second kappa shape index (κ2) is 7.39. The molecule has 1 N–H and O–H groups in total. The zero-order chi connectivity index (χ0) is 15.1. The normalized spacial score (nSPS) is 10.1. The van der Waals surface area contributed by atoms with E-state index < -0.39 is 5.97 Å². The fourth-order valence-electron chi connectivity index (χ4n) is 1.30. The van der Waals surface area contributed by atoms with Gasteiger partial charge in [-0.15, -0.1) is 10.2 Å². The number of amides is 1. The molecule has 0 spiro atoms. The Morgan fingerprint density at radius 3 is 3.00 bits per heavy atom. The summed E-state index contributed by atoms with van der Waals surface area (Å²) in [6, 6.07) is 3.55. The topological polar surface area (TPSA) is 107 Å². The molecule has 0 aliphatic carbocycles. The highest BCUT2D eigenvalue weighted by molar-refractivity contribution is 7.99. The average Bonchev–Trinajstić information content (AvgIpc) is 3.00. The molecular weight excluding hydrogens is 296 g/mol. The predicted molar refractivity (Wildman–Crippen MR) is 73.3 cm³/mol. The van der Waals surface area contributed by atoms with Crippen LogP contribution < -0.4 is 5.32 Å². The van der Waals surface area contributed by atoms with E-state index >= 15 is 0 Å². The van der Waals surface area contributed by atoms with Crippen molar-refractivity contribution in [3.05, 3.63) is 24.5 Å². The Kier molecular flexibility index (Phi) is 5.27. The second-order valence-electron chi connectivity index (χ2n) is 3.76. The molecule has 1 amide bonds. The highest BCUT2D eigenvalue weighted by atomic mass is 32.2. The van der Waals surface area contributed by atoms with Gasteiger partial charge in [-0.25, -0.2) is 0 Å². The van der Waals surface area contributed by atoms with Gasteiger partial charge in [0.05, 0.1) is 18.4 Å². The van der Waals surface area contributed by atoms with E-state index in [9.17, 15) is 9.59 Å². The molecular formula is C12H12N4O4S. The summed E-state index contributed by atoms with van der Waals surface area (Å²) in [6.07, 6.45) is 3.24. The average molecular weight is 308 g/mol. The molecule has 0 aliphatic heterocycles. The fraction of sp³-hybridized carbons (Fsp3) is 0.250. The second-order valence-corrected chi connectivity index (χ2v) is 4.68. The summed E-state index contributed by atoms with van der Waals surface area (Å²) in [7, 11) is 1.25. The van der Waals surface area contributed by atoms with Crippen LogP contribution in [0.1, 0.15) is 0 Å². The van der Waals surface area contributed by atoms with Crippen molar-refractivity contribution in [1.29, 1.82) is 0 Å². The van der Waals surface area contributed by atoms with E-state index in [0.29, 0.717) is 11.5 Å². The van der Waals surface area contributed by atoms with Gasteiger partial charge in [-0.1, -0.05) is 11.8 Å². The molecule has 2 heterocycles. The summed E-state index contributed by atoms with van der Waals surface area (Å²) in [5, 5.41) is 10.4. The number of pyridine rings is 1. The molecule has 0 atom stereocenters. The standard InChI is InChI=1S/C12H12N4O4S/c1-19-10(18)6-14-9(17)7-21-12-16-15-11(20-12)8-3-2-4-13-5-8/h2-5H,6-7H2,1H3,(H,14,17). The third kappa shape index (κ3) is 4.56. The van der Waals surface area contributed by atoms with Gasteiger partial charge in [-0.3, -0.25) is 14.6 Å². The van der Waals surface area contributed by atoms with Gasteiger partial charge in [0.2, 0.25) is 11.8 Å². The molecule has 21 heavy (non-hydrogen) atoms. The van der Waals surface area contributed by atoms with Gasteiger partial charge in [0.15, 0.2) is 0 Å². The smallest absolute Gasteiger partial charge is 0.325 e. The van der Waals surface area contributed by atoms with E-state index in [1.54, 1.807) is 24.5 Å². The summed E-state index contributed by atoms with van der Waals surface area (Å²) in [4.78, 5) is 26.3. The van der Waals surface area contributed by atoms with E-state index in [2.05, 4.69) is 25.2 Å². The first-order valence-electron chi connectivity index (χ1n) is 5.89. The van der Waals surface area contributed by atoms with Crippen LogP contribution in [0.2, 0.25) is 0 Å². The van der Waals surface area contributed by atoms with Crippen molar-refractivity contribution >= 4 is 23.6 Å². The van der Waals surface area contributed by atoms with Crippen molar-refractivity contribution in [2.75, 3.05) is 19.4 Å². The summed E-state index contributed by atoms with van der Waals surface area (Å²) in [5.41, 5.74) is 0.701.